The summed E-state index contributed by atoms with van der Waals surface area (Å²) in [6.45, 7) is 6.90. The summed E-state index contributed by atoms with van der Waals surface area (Å²) in [4.78, 5) is 19.0. The smallest absolute Gasteiger partial charge is 0.255 e. The van der Waals surface area contributed by atoms with E-state index in [9.17, 15) is 4.79 Å². The maximum absolute atomic E-state index is 12.4. The number of amides is 1. The summed E-state index contributed by atoms with van der Waals surface area (Å²) < 4.78 is 10.7. The van der Waals surface area contributed by atoms with E-state index in [2.05, 4.69) is 20.4 Å². The van der Waals surface area contributed by atoms with Crippen LogP contribution in [-0.4, -0.2) is 46.2 Å². The molecule has 0 unspecified atom stereocenters. The summed E-state index contributed by atoms with van der Waals surface area (Å²) in [6, 6.07) is 0. The van der Waals surface area contributed by atoms with Crippen molar-refractivity contribution in [2.24, 2.45) is 0 Å². The van der Waals surface area contributed by atoms with Crippen LogP contribution in [0, 0.1) is 0 Å². The molecular weight excluding hydrogens is 284 g/mol. The minimum Gasteiger partial charge on any atom is -0.368 e. The van der Waals surface area contributed by atoms with Crippen molar-refractivity contribution in [2.75, 3.05) is 19.7 Å². The first-order chi connectivity index (χ1) is 10.6. The monoisotopic (exact) mass is 308 g/mol. The number of rotatable bonds is 5. The molecule has 122 valence electrons. The second-order valence-electron chi connectivity index (χ2n) is 6.49. The van der Waals surface area contributed by atoms with Crippen LogP contribution in [0.4, 0.5) is 0 Å². The maximum Gasteiger partial charge on any atom is 0.255 e. The predicted octanol–water partition coefficient (Wildman–Crippen LogP) is 1.41. The van der Waals surface area contributed by atoms with Gasteiger partial charge in [0, 0.05) is 6.61 Å². The van der Waals surface area contributed by atoms with Gasteiger partial charge in [0.2, 0.25) is 5.91 Å². The Hall–Kier alpha value is -1.47. The molecule has 7 nitrogen and oxygen atoms in total. The van der Waals surface area contributed by atoms with Gasteiger partial charge in [0.1, 0.15) is 6.10 Å². The number of hydrogen-bond donors (Lipinski definition) is 1. The minimum absolute atomic E-state index is 0.00198. The van der Waals surface area contributed by atoms with E-state index in [0.29, 0.717) is 11.7 Å². The fourth-order valence-electron chi connectivity index (χ4n) is 3.04. The number of hydrogen-bond acceptors (Lipinski definition) is 6. The Morgan fingerprint density at radius 1 is 1.36 bits per heavy atom. The largest absolute Gasteiger partial charge is 0.368 e. The highest BCUT2D eigenvalue weighted by Gasteiger charge is 2.36. The number of likely N-dealkylation sites (tertiary alicyclic amines) is 1. The van der Waals surface area contributed by atoms with E-state index < -0.39 is 5.54 Å². The molecule has 1 aromatic rings. The fourth-order valence-corrected chi connectivity index (χ4v) is 3.04. The lowest BCUT2D eigenvalue weighted by Crippen LogP contribution is -2.53. The zero-order valence-electron chi connectivity index (χ0n) is 13.3. The average molecular weight is 308 g/mol. The van der Waals surface area contributed by atoms with Crippen LogP contribution in [-0.2, 0) is 16.1 Å². The molecule has 3 rings (SSSR count). The number of carbonyl (C=O) groups is 1. The zero-order valence-corrected chi connectivity index (χ0v) is 13.3. The van der Waals surface area contributed by atoms with E-state index in [1.54, 1.807) is 0 Å². The third kappa shape index (κ3) is 3.15. The third-order valence-electron chi connectivity index (χ3n) is 4.55. The minimum atomic E-state index is -0.502. The molecule has 3 heterocycles. The topological polar surface area (TPSA) is 80.5 Å². The van der Waals surface area contributed by atoms with Gasteiger partial charge in [-0.2, -0.15) is 4.98 Å². The highest BCUT2D eigenvalue weighted by molar-refractivity contribution is 5.85. The molecule has 1 amide bonds. The van der Waals surface area contributed by atoms with E-state index >= 15 is 0 Å². The zero-order chi connectivity index (χ0) is 15.6. The summed E-state index contributed by atoms with van der Waals surface area (Å²) in [5, 5.41) is 6.83. The molecule has 0 radical (unpaired) electrons. The van der Waals surface area contributed by atoms with Crippen molar-refractivity contribution in [1.82, 2.24) is 20.4 Å². The van der Waals surface area contributed by atoms with E-state index in [1.807, 2.05) is 13.8 Å². The normalized spacial score (nSPS) is 23.1. The molecule has 2 saturated heterocycles. The first kappa shape index (κ1) is 15.4. The lowest BCUT2D eigenvalue weighted by atomic mass is 10.0. The molecule has 2 fully saturated rings. The van der Waals surface area contributed by atoms with E-state index in [1.165, 1.54) is 0 Å². The van der Waals surface area contributed by atoms with E-state index in [-0.39, 0.29) is 18.6 Å². The number of aromatic nitrogens is 2. The molecule has 0 aromatic carbocycles. The number of nitrogens with one attached hydrogen (secondary N) is 1. The molecule has 1 aromatic heterocycles. The summed E-state index contributed by atoms with van der Waals surface area (Å²) in [5.41, 5.74) is -0.502. The third-order valence-corrected chi connectivity index (χ3v) is 4.55. The van der Waals surface area contributed by atoms with Crippen LogP contribution in [0.15, 0.2) is 4.52 Å². The molecule has 2 aliphatic heterocycles. The molecule has 0 aliphatic carbocycles. The Balaban J connectivity index is 1.54. The van der Waals surface area contributed by atoms with Gasteiger partial charge < -0.3 is 14.6 Å². The molecule has 0 saturated carbocycles. The van der Waals surface area contributed by atoms with Crippen molar-refractivity contribution in [1.29, 1.82) is 0 Å². The van der Waals surface area contributed by atoms with Gasteiger partial charge >= 0.3 is 0 Å². The van der Waals surface area contributed by atoms with Crippen molar-refractivity contribution in [3.63, 3.8) is 0 Å². The Morgan fingerprint density at radius 2 is 2.14 bits per heavy atom. The van der Waals surface area contributed by atoms with Crippen LogP contribution in [0.5, 0.6) is 0 Å². The number of nitrogens with zero attached hydrogens (tertiary/aromatic N) is 3. The molecule has 0 spiro atoms. The van der Waals surface area contributed by atoms with Gasteiger partial charge in [-0.15, -0.1) is 0 Å². The molecule has 22 heavy (non-hydrogen) atoms. The highest BCUT2D eigenvalue weighted by atomic mass is 16.5. The summed E-state index contributed by atoms with van der Waals surface area (Å²) >= 11 is 0. The highest BCUT2D eigenvalue weighted by Crippen LogP contribution is 2.27. The summed E-state index contributed by atoms with van der Waals surface area (Å²) in [6.07, 6.45) is 4.16. The first-order valence-electron chi connectivity index (χ1n) is 8.05. The van der Waals surface area contributed by atoms with Crippen LogP contribution in [0.1, 0.15) is 57.3 Å². The van der Waals surface area contributed by atoms with Crippen LogP contribution >= 0.6 is 0 Å². The van der Waals surface area contributed by atoms with Crippen LogP contribution in [0.3, 0.4) is 0 Å². The first-order valence-corrected chi connectivity index (χ1v) is 8.05. The lowest BCUT2D eigenvalue weighted by Gasteiger charge is -2.33. The lowest BCUT2D eigenvalue weighted by molar-refractivity contribution is -0.131. The number of ether oxygens (including phenoxy) is 1. The predicted molar refractivity (Wildman–Crippen MR) is 79.0 cm³/mol. The second-order valence-corrected chi connectivity index (χ2v) is 6.49. The van der Waals surface area contributed by atoms with Crippen LogP contribution < -0.4 is 5.32 Å². The van der Waals surface area contributed by atoms with Crippen molar-refractivity contribution < 1.29 is 14.1 Å². The van der Waals surface area contributed by atoms with Crippen molar-refractivity contribution in [3.05, 3.63) is 11.7 Å². The van der Waals surface area contributed by atoms with E-state index in [4.69, 9.17) is 9.26 Å². The summed E-state index contributed by atoms with van der Waals surface area (Å²) in [7, 11) is 0. The van der Waals surface area contributed by atoms with Crippen molar-refractivity contribution in [3.8, 4) is 0 Å². The van der Waals surface area contributed by atoms with Gasteiger partial charge in [0.15, 0.2) is 5.82 Å². The molecule has 1 atom stereocenters. The maximum atomic E-state index is 12.4. The van der Waals surface area contributed by atoms with Crippen LogP contribution in [0.25, 0.3) is 0 Å². The molecule has 7 heteroatoms. The van der Waals surface area contributed by atoms with Gasteiger partial charge in [-0.1, -0.05) is 5.16 Å². The van der Waals surface area contributed by atoms with Gasteiger partial charge in [-0.05, 0) is 52.6 Å². The van der Waals surface area contributed by atoms with Gasteiger partial charge in [0.25, 0.3) is 5.89 Å². The standard InChI is InChI=1S/C15H24N4O3/c1-15(2,19-7-3-4-8-19)14(20)16-10-12-17-13(22-18-12)11-6-5-9-21-11/h11H,3-10H2,1-2H3,(H,16,20)/t11-/m0/s1. The Kier molecular flexibility index (Phi) is 4.44. The molecule has 2 aliphatic rings. The Bertz CT molecular complexity index is 517. The van der Waals surface area contributed by atoms with Gasteiger partial charge in [0.05, 0.1) is 12.1 Å². The van der Waals surface area contributed by atoms with Crippen LogP contribution in [0.2, 0.25) is 0 Å². The SMILES string of the molecule is CC(C)(C(=O)NCc1noc([C@@H]2CCCO2)n1)N1CCCC1. The van der Waals surface area contributed by atoms with E-state index in [0.717, 1.165) is 45.4 Å². The average Bonchev–Trinajstić information content (AvgIpc) is 3.25. The molecular formula is C15H24N4O3. The number of carbonyl (C=O) groups excluding carboxylic acids is 1. The van der Waals surface area contributed by atoms with Gasteiger partial charge in [-0.3, -0.25) is 9.69 Å². The fraction of sp³-hybridized carbons (Fsp3) is 0.800. The Labute approximate surface area is 130 Å². The van der Waals surface area contributed by atoms with Crippen molar-refractivity contribution in [2.45, 2.75) is 57.7 Å². The Morgan fingerprint density at radius 3 is 2.82 bits per heavy atom. The van der Waals surface area contributed by atoms with Crippen molar-refractivity contribution >= 4 is 5.91 Å². The summed E-state index contributed by atoms with van der Waals surface area (Å²) in [5.74, 6) is 1.01. The second kappa shape index (κ2) is 6.34. The molecule has 0 bridgehead atoms. The molecule has 1 N–H and O–H groups in total. The van der Waals surface area contributed by atoms with Gasteiger partial charge in [-0.25, -0.2) is 0 Å². The quantitative estimate of drug-likeness (QED) is 0.886.